The van der Waals surface area contributed by atoms with E-state index in [4.69, 9.17) is 0 Å². The van der Waals surface area contributed by atoms with Crippen molar-refractivity contribution in [3.05, 3.63) is 77.9 Å². The highest BCUT2D eigenvalue weighted by Gasteiger charge is 2.08. The third-order valence-corrected chi connectivity index (χ3v) is 3.63. The summed E-state index contributed by atoms with van der Waals surface area (Å²) in [7, 11) is 0. The molecule has 0 amide bonds. The fourth-order valence-corrected chi connectivity index (χ4v) is 2.50. The first kappa shape index (κ1) is 13.6. The molecule has 1 unspecified atom stereocenters. The van der Waals surface area contributed by atoms with Crippen LogP contribution >= 0.6 is 0 Å². The maximum Gasteiger partial charge on any atom is 0.110 e. The summed E-state index contributed by atoms with van der Waals surface area (Å²) in [5, 5.41) is 0. The van der Waals surface area contributed by atoms with Crippen LogP contribution in [-0.2, 0) is 6.42 Å². The van der Waals surface area contributed by atoms with Crippen molar-refractivity contribution in [2.75, 3.05) is 0 Å². The second-order valence-electron chi connectivity index (χ2n) is 5.50. The van der Waals surface area contributed by atoms with E-state index in [9.17, 15) is 0 Å². The van der Waals surface area contributed by atoms with Crippen LogP contribution in [0.2, 0.25) is 0 Å². The molecule has 0 saturated heterocycles. The molecule has 1 N–H and O–H groups in total. The van der Waals surface area contributed by atoms with Gasteiger partial charge in [-0.1, -0.05) is 67.6 Å². The lowest BCUT2D eigenvalue weighted by atomic mass is 9.97. The number of nitrogens with zero attached hydrogens (tertiary/aromatic N) is 1. The van der Waals surface area contributed by atoms with Gasteiger partial charge in [0.25, 0.3) is 0 Å². The standard InChI is InChI=1S/C19H20N2.H2/c1-15-7-5-11-17(13-15)18-14-20-19(21-18)12-6-10-16-8-3-2-4-9-16;/h2-6,8-11,13-15H,7,12H2,1H3,(H,20,21);1H/b10-6+;. The van der Waals surface area contributed by atoms with Gasteiger partial charge in [-0.15, -0.1) is 0 Å². The second-order valence-corrected chi connectivity index (χ2v) is 5.50. The molecule has 0 bridgehead atoms. The molecule has 0 spiro atoms. The Kier molecular flexibility index (Phi) is 4.15. The van der Waals surface area contributed by atoms with E-state index in [0.29, 0.717) is 5.92 Å². The first-order valence-corrected chi connectivity index (χ1v) is 7.45. The van der Waals surface area contributed by atoms with Crippen molar-refractivity contribution in [3.8, 4) is 0 Å². The molecule has 2 aromatic rings. The maximum atomic E-state index is 4.47. The largest absolute Gasteiger partial charge is 0.342 e. The summed E-state index contributed by atoms with van der Waals surface area (Å²) < 4.78 is 0. The Morgan fingerprint density at radius 3 is 3.00 bits per heavy atom. The summed E-state index contributed by atoms with van der Waals surface area (Å²) in [4.78, 5) is 7.87. The number of aromatic nitrogens is 2. The van der Waals surface area contributed by atoms with Crippen molar-refractivity contribution in [3.63, 3.8) is 0 Å². The summed E-state index contributed by atoms with van der Waals surface area (Å²) in [5.74, 6) is 1.61. The van der Waals surface area contributed by atoms with Crippen LogP contribution in [0.4, 0.5) is 0 Å². The zero-order valence-electron chi connectivity index (χ0n) is 12.3. The minimum atomic E-state index is 0. The van der Waals surface area contributed by atoms with Gasteiger partial charge in [0.2, 0.25) is 0 Å². The van der Waals surface area contributed by atoms with E-state index in [1.807, 2.05) is 24.4 Å². The van der Waals surface area contributed by atoms with E-state index < -0.39 is 0 Å². The average Bonchev–Trinajstić information content (AvgIpc) is 2.97. The van der Waals surface area contributed by atoms with Crippen molar-refractivity contribution < 1.29 is 1.43 Å². The number of hydrogen-bond donors (Lipinski definition) is 1. The van der Waals surface area contributed by atoms with Crippen molar-refractivity contribution in [2.45, 2.75) is 19.8 Å². The highest BCUT2D eigenvalue weighted by atomic mass is 14.9. The molecule has 3 rings (SSSR count). The minimum absolute atomic E-state index is 0. The zero-order chi connectivity index (χ0) is 14.5. The van der Waals surface area contributed by atoms with E-state index in [-0.39, 0.29) is 1.43 Å². The predicted molar refractivity (Wildman–Crippen MR) is 90.8 cm³/mol. The van der Waals surface area contributed by atoms with Crippen LogP contribution in [0, 0.1) is 5.92 Å². The second kappa shape index (κ2) is 6.40. The van der Waals surface area contributed by atoms with Gasteiger partial charge >= 0.3 is 0 Å². The molecule has 1 atom stereocenters. The molecule has 0 aliphatic heterocycles. The normalized spacial score (nSPS) is 18.1. The summed E-state index contributed by atoms with van der Waals surface area (Å²) >= 11 is 0. The lowest BCUT2D eigenvalue weighted by Gasteiger charge is -2.10. The van der Waals surface area contributed by atoms with Gasteiger partial charge in [0, 0.05) is 7.85 Å². The van der Waals surface area contributed by atoms with Crippen molar-refractivity contribution in [2.24, 2.45) is 5.92 Å². The number of allylic oxidation sites excluding steroid dienone is 5. The maximum absolute atomic E-state index is 4.47. The molecule has 0 radical (unpaired) electrons. The van der Waals surface area contributed by atoms with Gasteiger partial charge in [0.15, 0.2) is 0 Å². The number of nitrogens with one attached hydrogen (secondary N) is 1. The molecule has 21 heavy (non-hydrogen) atoms. The van der Waals surface area contributed by atoms with Gasteiger partial charge in [-0.25, -0.2) is 4.98 Å². The Morgan fingerprint density at radius 2 is 2.19 bits per heavy atom. The Hall–Kier alpha value is -2.35. The van der Waals surface area contributed by atoms with Gasteiger partial charge in [-0.3, -0.25) is 0 Å². The van der Waals surface area contributed by atoms with E-state index in [1.54, 1.807) is 0 Å². The van der Waals surface area contributed by atoms with Crippen molar-refractivity contribution in [1.29, 1.82) is 0 Å². The van der Waals surface area contributed by atoms with Crippen LogP contribution in [0.5, 0.6) is 0 Å². The summed E-state index contributed by atoms with van der Waals surface area (Å²) in [6, 6.07) is 10.3. The molecule has 108 valence electrons. The third-order valence-electron chi connectivity index (χ3n) is 3.63. The average molecular weight is 278 g/mol. The number of imidazole rings is 1. The van der Waals surface area contributed by atoms with Crippen molar-refractivity contribution >= 4 is 11.6 Å². The SMILES string of the molecule is CC1C=C(c2cnc(C/C=C/c3ccccc3)[nH]2)C=CC1.[HH]. The van der Waals surface area contributed by atoms with Crippen LogP contribution in [0.1, 0.15) is 31.9 Å². The number of aromatic amines is 1. The van der Waals surface area contributed by atoms with E-state index in [2.05, 4.69) is 59.4 Å². The molecule has 1 aliphatic carbocycles. The first-order valence-electron chi connectivity index (χ1n) is 7.45. The smallest absolute Gasteiger partial charge is 0.110 e. The molecule has 1 aromatic carbocycles. The minimum Gasteiger partial charge on any atom is -0.342 e. The first-order chi connectivity index (χ1) is 10.3. The zero-order valence-corrected chi connectivity index (χ0v) is 12.3. The molecule has 1 aromatic heterocycles. The monoisotopic (exact) mass is 278 g/mol. The molecule has 0 saturated carbocycles. The highest BCUT2D eigenvalue weighted by molar-refractivity contribution is 5.72. The third kappa shape index (κ3) is 3.60. The number of H-pyrrole nitrogens is 1. The van der Waals surface area contributed by atoms with Crippen LogP contribution in [-0.4, -0.2) is 9.97 Å². The van der Waals surface area contributed by atoms with Gasteiger partial charge in [-0.2, -0.15) is 0 Å². The molecular weight excluding hydrogens is 256 g/mol. The van der Waals surface area contributed by atoms with E-state index in [0.717, 1.165) is 24.4 Å². The highest BCUT2D eigenvalue weighted by Crippen LogP contribution is 2.23. The summed E-state index contributed by atoms with van der Waals surface area (Å²) in [6.45, 7) is 2.24. The summed E-state index contributed by atoms with van der Waals surface area (Å²) in [5.41, 5.74) is 3.58. The Balaban J connectivity index is 0.00000176. The van der Waals surface area contributed by atoms with Crippen LogP contribution in [0.25, 0.3) is 11.6 Å². The van der Waals surface area contributed by atoms with Crippen LogP contribution in [0.3, 0.4) is 0 Å². The molecular formula is C19H22N2. The molecule has 1 aliphatic rings. The van der Waals surface area contributed by atoms with Gasteiger partial charge < -0.3 is 4.98 Å². The van der Waals surface area contributed by atoms with E-state index in [1.165, 1.54) is 11.1 Å². The molecule has 1 heterocycles. The van der Waals surface area contributed by atoms with E-state index >= 15 is 0 Å². The number of benzene rings is 1. The number of rotatable bonds is 4. The van der Waals surface area contributed by atoms with Gasteiger partial charge in [0.05, 0.1) is 11.9 Å². The molecule has 2 nitrogen and oxygen atoms in total. The van der Waals surface area contributed by atoms with Crippen LogP contribution < -0.4 is 0 Å². The summed E-state index contributed by atoms with van der Waals surface area (Å²) in [6.07, 6.45) is 14.9. The quantitative estimate of drug-likeness (QED) is 0.847. The topological polar surface area (TPSA) is 28.7 Å². The predicted octanol–water partition coefficient (Wildman–Crippen LogP) is 4.89. The Bertz CT molecular complexity index is 680. The van der Waals surface area contributed by atoms with Gasteiger partial charge in [-0.05, 0) is 23.5 Å². The Labute approximate surface area is 127 Å². The number of hydrogen-bond acceptors (Lipinski definition) is 1. The lowest BCUT2D eigenvalue weighted by molar-refractivity contribution is 0.739. The van der Waals surface area contributed by atoms with Crippen LogP contribution in [0.15, 0.2) is 60.8 Å². The molecule has 2 heteroatoms. The molecule has 0 fully saturated rings. The lowest BCUT2D eigenvalue weighted by Crippen LogP contribution is -1.95. The van der Waals surface area contributed by atoms with Gasteiger partial charge in [0.1, 0.15) is 5.82 Å². The van der Waals surface area contributed by atoms with Crippen molar-refractivity contribution in [1.82, 2.24) is 9.97 Å². The fourth-order valence-electron chi connectivity index (χ4n) is 2.50. The Morgan fingerprint density at radius 1 is 1.33 bits per heavy atom. The fraction of sp³-hybridized carbons (Fsp3) is 0.211.